The van der Waals surface area contributed by atoms with Gasteiger partial charge in [0.1, 0.15) is 0 Å². The van der Waals surface area contributed by atoms with Crippen LogP contribution in [0.3, 0.4) is 0 Å². The Bertz CT molecular complexity index is 557. The fourth-order valence-corrected chi connectivity index (χ4v) is 3.04. The monoisotopic (exact) mass is 298 g/mol. The van der Waals surface area contributed by atoms with Gasteiger partial charge in [0.25, 0.3) is 0 Å². The van der Waals surface area contributed by atoms with Gasteiger partial charge in [0, 0.05) is 37.6 Å². The average Bonchev–Trinajstić information content (AvgIpc) is 2.86. The first-order chi connectivity index (χ1) is 10.6. The van der Waals surface area contributed by atoms with Crippen LogP contribution in [-0.2, 0) is 6.42 Å². The van der Waals surface area contributed by atoms with Crippen LogP contribution in [0.5, 0.6) is 0 Å². The SMILES string of the molecule is CC1(C)NCC(Cc2ccc(NCC3=CCCN=C3)cc2)N1. The number of anilines is 1. The zero-order valence-electron chi connectivity index (χ0n) is 13.5. The summed E-state index contributed by atoms with van der Waals surface area (Å²) < 4.78 is 0. The van der Waals surface area contributed by atoms with Gasteiger partial charge in [0.15, 0.2) is 0 Å². The third-order valence-corrected chi connectivity index (χ3v) is 4.21. The van der Waals surface area contributed by atoms with Crippen molar-refractivity contribution < 1.29 is 0 Å². The molecule has 4 nitrogen and oxygen atoms in total. The van der Waals surface area contributed by atoms with Crippen LogP contribution in [-0.4, -0.2) is 37.6 Å². The van der Waals surface area contributed by atoms with Gasteiger partial charge in [0.2, 0.25) is 0 Å². The molecule has 0 aliphatic carbocycles. The molecule has 1 atom stereocenters. The molecule has 0 spiro atoms. The van der Waals surface area contributed by atoms with Crippen molar-refractivity contribution in [3.8, 4) is 0 Å². The number of nitrogens with zero attached hydrogens (tertiary/aromatic N) is 1. The van der Waals surface area contributed by atoms with Crippen molar-refractivity contribution in [1.29, 1.82) is 0 Å². The van der Waals surface area contributed by atoms with E-state index in [9.17, 15) is 0 Å². The van der Waals surface area contributed by atoms with Gasteiger partial charge in [-0.2, -0.15) is 0 Å². The minimum atomic E-state index is 0.0570. The van der Waals surface area contributed by atoms with Gasteiger partial charge in [0.05, 0.1) is 5.66 Å². The summed E-state index contributed by atoms with van der Waals surface area (Å²) in [4.78, 5) is 4.31. The highest BCUT2D eigenvalue weighted by atomic mass is 15.3. The Balaban J connectivity index is 1.50. The predicted molar refractivity (Wildman–Crippen MR) is 93.7 cm³/mol. The summed E-state index contributed by atoms with van der Waals surface area (Å²) in [5, 5.41) is 10.6. The van der Waals surface area contributed by atoms with Crippen molar-refractivity contribution in [3.63, 3.8) is 0 Å². The van der Waals surface area contributed by atoms with Gasteiger partial charge in [-0.25, -0.2) is 0 Å². The smallest absolute Gasteiger partial charge is 0.0632 e. The van der Waals surface area contributed by atoms with Crippen LogP contribution >= 0.6 is 0 Å². The van der Waals surface area contributed by atoms with E-state index >= 15 is 0 Å². The second-order valence-electron chi connectivity index (χ2n) is 6.70. The maximum atomic E-state index is 4.31. The van der Waals surface area contributed by atoms with Crippen molar-refractivity contribution in [2.24, 2.45) is 4.99 Å². The summed E-state index contributed by atoms with van der Waals surface area (Å²) >= 11 is 0. The van der Waals surface area contributed by atoms with E-state index in [1.807, 2.05) is 6.21 Å². The van der Waals surface area contributed by atoms with Crippen molar-refractivity contribution in [3.05, 3.63) is 41.5 Å². The number of hydrogen-bond acceptors (Lipinski definition) is 4. The normalized spacial score (nSPS) is 23.4. The highest BCUT2D eigenvalue weighted by Crippen LogP contribution is 2.15. The molecule has 118 valence electrons. The Kier molecular flexibility index (Phi) is 4.60. The van der Waals surface area contributed by atoms with Gasteiger partial charge in [-0.1, -0.05) is 18.2 Å². The summed E-state index contributed by atoms with van der Waals surface area (Å²) in [5.74, 6) is 0. The lowest BCUT2D eigenvalue weighted by Gasteiger charge is -2.19. The molecule has 0 radical (unpaired) electrons. The fraction of sp³-hybridized carbons (Fsp3) is 0.500. The lowest BCUT2D eigenvalue weighted by molar-refractivity contribution is 0.392. The van der Waals surface area contributed by atoms with Crippen LogP contribution in [0, 0.1) is 0 Å². The van der Waals surface area contributed by atoms with E-state index in [0.717, 1.165) is 32.5 Å². The van der Waals surface area contributed by atoms with E-state index in [4.69, 9.17) is 0 Å². The summed E-state index contributed by atoms with van der Waals surface area (Å²) in [6.07, 6.45) is 6.36. The molecule has 1 unspecified atom stereocenters. The molecule has 1 aromatic carbocycles. The minimum absolute atomic E-state index is 0.0570. The Morgan fingerprint density at radius 3 is 2.73 bits per heavy atom. The van der Waals surface area contributed by atoms with Gasteiger partial charge in [-0.3, -0.25) is 15.6 Å². The van der Waals surface area contributed by atoms with Gasteiger partial charge < -0.3 is 5.32 Å². The Labute approximate surface area is 133 Å². The molecule has 0 amide bonds. The van der Waals surface area contributed by atoms with E-state index in [1.54, 1.807) is 0 Å². The van der Waals surface area contributed by atoms with E-state index < -0.39 is 0 Å². The molecule has 3 N–H and O–H groups in total. The first kappa shape index (κ1) is 15.3. The van der Waals surface area contributed by atoms with Crippen LogP contribution in [0.15, 0.2) is 40.9 Å². The number of aliphatic imine (C=N–C) groups is 1. The summed E-state index contributed by atoms with van der Waals surface area (Å²) in [7, 11) is 0. The molecule has 1 saturated heterocycles. The number of dihydropyridines is 1. The van der Waals surface area contributed by atoms with Gasteiger partial charge in [-0.15, -0.1) is 0 Å². The topological polar surface area (TPSA) is 48.5 Å². The zero-order chi connectivity index (χ0) is 15.4. The molecule has 2 heterocycles. The summed E-state index contributed by atoms with van der Waals surface area (Å²) in [6.45, 7) is 7.18. The largest absolute Gasteiger partial charge is 0.381 e. The lowest BCUT2D eigenvalue weighted by Crippen LogP contribution is -2.44. The number of rotatable bonds is 5. The molecule has 22 heavy (non-hydrogen) atoms. The minimum Gasteiger partial charge on any atom is -0.381 e. The summed E-state index contributed by atoms with van der Waals surface area (Å²) in [6, 6.07) is 9.29. The van der Waals surface area contributed by atoms with Crippen LogP contribution in [0.25, 0.3) is 0 Å². The van der Waals surface area contributed by atoms with E-state index in [2.05, 4.69) is 65.1 Å². The highest BCUT2D eigenvalue weighted by Gasteiger charge is 2.28. The first-order valence-corrected chi connectivity index (χ1v) is 8.15. The van der Waals surface area contributed by atoms with Crippen molar-refractivity contribution in [1.82, 2.24) is 10.6 Å². The standard InChI is InChI=1S/C18H26N4/c1-18(2)21-13-17(22-18)10-14-5-7-16(8-6-14)20-12-15-4-3-9-19-11-15/h4-8,11,17,20-22H,3,9-10,12-13H2,1-2H3. The molecule has 2 aliphatic heterocycles. The third kappa shape index (κ3) is 4.18. The van der Waals surface area contributed by atoms with Crippen LogP contribution < -0.4 is 16.0 Å². The average molecular weight is 298 g/mol. The van der Waals surface area contributed by atoms with Crippen LogP contribution in [0.2, 0.25) is 0 Å². The highest BCUT2D eigenvalue weighted by molar-refractivity contribution is 5.80. The molecular weight excluding hydrogens is 272 g/mol. The number of hydrogen-bond donors (Lipinski definition) is 3. The maximum Gasteiger partial charge on any atom is 0.0632 e. The van der Waals surface area contributed by atoms with E-state index in [1.165, 1.54) is 16.8 Å². The molecular formula is C18H26N4. The summed E-state index contributed by atoms with van der Waals surface area (Å²) in [5.41, 5.74) is 3.88. The van der Waals surface area contributed by atoms with Crippen molar-refractivity contribution in [2.45, 2.75) is 38.4 Å². The van der Waals surface area contributed by atoms with Crippen LogP contribution in [0.4, 0.5) is 5.69 Å². The van der Waals surface area contributed by atoms with E-state index in [-0.39, 0.29) is 5.66 Å². The molecule has 0 saturated carbocycles. The predicted octanol–water partition coefficient (Wildman–Crippen LogP) is 2.34. The zero-order valence-corrected chi connectivity index (χ0v) is 13.5. The molecule has 0 aromatic heterocycles. The van der Waals surface area contributed by atoms with Gasteiger partial charge >= 0.3 is 0 Å². The molecule has 0 bridgehead atoms. The molecule has 1 aromatic rings. The third-order valence-electron chi connectivity index (χ3n) is 4.21. The number of benzene rings is 1. The quantitative estimate of drug-likeness (QED) is 0.782. The second-order valence-corrected chi connectivity index (χ2v) is 6.70. The molecule has 4 heteroatoms. The lowest BCUT2D eigenvalue weighted by atomic mass is 10.1. The second kappa shape index (κ2) is 6.63. The van der Waals surface area contributed by atoms with Crippen molar-refractivity contribution in [2.75, 3.05) is 25.0 Å². The molecule has 3 rings (SSSR count). The molecule has 1 fully saturated rings. The van der Waals surface area contributed by atoms with Crippen molar-refractivity contribution >= 4 is 11.9 Å². The van der Waals surface area contributed by atoms with Gasteiger partial charge in [-0.05, 0) is 50.0 Å². The Hall–Kier alpha value is -1.65. The number of nitrogens with one attached hydrogen (secondary N) is 3. The Morgan fingerprint density at radius 2 is 2.09 bits per heavy atom. The van der Waals surface area contributed by atoms with Crippen LogP contribution in [0.1, 0.15) is 25.8 Å². The molecule has 2 aliphatic rings. The fourth-order valence-electron chi connectivity index (χ4n) is 3.04. The maximum absolute atomic E-state index is 4.31. The van der Waals surface area contributed by atoms with E-state index in [0.29, 0.717) is 6.04 Å². The first-order valence-electron chi connectivity index (χ1n) is 8.15. The Morgan fingerprint density at radius 1 is 1.27 bits per heavy atom.